The van der Waals surface area contributed by atoms with E-state index in [1.54, 1.807) is 19.1 Å². The van der Waals surface area contributed by atoms with E-state index in [-0.39, 0.29) is 18.2 Å². The Balaban J connectivity index is 2.43. The highest BCUT2D eigenvalue weighted by Gasteiger charge is 2.36. The van der Waals surface area contributed by atoms with E-state index < -0.39 is 4.87 Å². The first-order valence-corrected chi connectivity index (χ1v) is 8.81. The van der Waals surface area contributed by atoms with Crippen LogP contribution in [0.1, 0.15) is 67.4 Å². The van der Waals surface area contributed by atoms with Gasteiger partial charge in [0.25, 0.3) is 0 Å². The first-order valence-electron chi connectivity index (χ1n) is 8.06. The van der Waals surface area contributed by atoms with Crippen LogP contribution < -0.4 is 0 Å². The molecule has 0 atom stereocenters. The molecule has 0 unspecified atom stereocenters. The Morgan fingerprint density at radius 3 is 2.43 bits per heavy atom. The van der Waals surface area contributed by atoms with Gasteiger partial charge in [-0.3, -0.25) is 9.59 Å². The zero-order valence-electron chi connectivity index (χ0n) is 13.6. The number of alkyl halides is 1. The molecule has 1 aromatic carbocycles. The lowest BCUT2D eigenvalue weighted by Crippen LogP contribution is -2.25. The van der Waals surface area contributed by atoms with Gasteiger partial charge in [0, 0.05) is 16.1 Å². The highest BCUT2D eigenvalue weighted by molar-refractivity contribution is 6.34. The first kappa shape index (κ1) is 18.3. The summed E-state index contributed by atoms with van der Waals surface area (Å²) in [5.41, 5.74) is 1.92. The summed E-state index contributed by atoms with van der Waals surface area (Å²) in [6.07, 6.45) is 4.94. The minimum absolute atomic E-state index is 0.0850. The molecule has 23 heavy (non-hydrogen) atoms. The number of hydrogen-bond acceptors (Lipinski definition) is 3. The fraction of sp³-hybridized carbons (Fsp3) is 0.556. The third kappa shape index (κ3) is 4.27. The van der Waals surface area contributed by atoms with Crippen LogP contribution in [0.5, 0.6) is 0 Å². The SMILES string of the molecule is CCOC(=O)Cc1cc(Cl)c(C2(Cl)CCCCC2)c(C(C)=O)c1. The molecule has 3 nitrogen and oxygen atoms in total. The lowest BCUT2D eigenvalue weighted by atomic mass is 9.80. The summed E-state index contributed by atoms with van der Waals surface area (Å²) in [7, 11) is 0. The topological polar surface area (TPSA) is 43.4 Å². The van der Waals surface area contributed by atoms with E-state index in [9.17, 15) is 9.59 Å². The second kappa shape index (κ2) is 7.67. The fourth-order valence-corrected chi connectivity index (χ4v) is 4.18. The molecule has 126 valence electrons. The van der Waals surface area contributed by atoms with Crippen LogP contribution in [0.2, 0.25) is 5.02 Å². The Labute approximate surface area is 147 Å². The minimum atomic E-state index is -0.585. The van der Waals surface area contributed by atoms with Gasteiger partial charge >= 0.3 is 5.97 Å². The zero-order valence-corrected chi connectivity index (χ0v) is 15.1. The Morgan fingerprint density at radius 1 is 1.22 bits per heavy atom. The Hall–Kier alpha value is -1.06. The predicted molar refractivity (Wildman–Crippen MR) is 92.4 cm³/mol. The van der Waals surface area contributed by atoms with Crippen molar-refractivity contribution in [3.8, 4) is 0 Å². The summed E-state index contributed by atoms with van der Waals surface area (Å²) < 4.78 is 4.96. The quantitative estimate of drug-likeness (QED) is 0.421. The number of rotatable bonds is 5. The number of carbonyl (C=O) groups excluding carboxylic acids is 2. The molecule has 0 amide bonds. The number of esters is 1. The average Bonchev–Trinajstić information content (AvgIpc) is 2.47. The summed E-state index contributed by atoms with van der Waals surface area (Å²) in [6, 6.07) is 3.47. The molecule has 0 aliphatic heterocycles. The van der Waals surface area contributed by atoms with Crippen LogP contribution in [0.3, 0.4) is 0 Å². The van der Waals surface area contributed by atoms with Crippen LogP contribution >= 0.6 is 23.2 Å². The molecule has 2 rings (SSSR count). The summed E-state index contributed by atoms with van der Waals surface area (Å²) in [4.78, 5) is 23.2. The maximum Gasteiger partial charge on any atom is 0.310 e. The van der Waals surface area contributed by atoms with E-state index in [2.05, 4.69) is 0 Å². The van der Waals surface area contributed by atoms with Gasteiger partial charge in [-0.2, -0.15) is 0 Å². The van der Waals surface area contributed by atoms with Gasteiger partial charge < -0.3 is 4.74 Å². The summed E-state index contributed by atoms with van der Waals surface area (Å²) in [5, 5.41) is 0.467. The van der Waals surface area contributed by atoms with Crippen LogP contribution in [0.15, 0.2) is 12.1 Å². The summed E-state index contributed by atoms with van der Waals surface area (Å²) >= 11 is 13.3. The number of ketones is 1. The number of Topliss-reactive ketones (excluding diaryl/α,β-unsaturated/α-hetero) is 1. The van der Waals surface area contributed by atoms with Crippen molar-refractivity contribution in [1.82, 2.24) is 0 Å². The Bertz CT molecular complexity index is 605. The second-order valence-electron chi connectivity index (χ2n) is 6.06. The highest BCUT2D eigenvalue weighted by atomic mass is 35.5. The van der Waals surface area contributed by atoms with Crippen molar-refractivity contribution in [2.24, 2.45) is 0 Å². The summed E-state index contributed by atoms with van der Waals surface area (Å²) in [5.74, 6) is -0.415. The highest BCUT2D eigenvalue weighted by Crippen LogP contribution is 2.47. The van der Waals surface area contributed by atoms with Crippen molar-refractivity contribution in [3.63, 3.8) is 0 Å². The van der Waals surface area contributed by atoms with Gasteiger partial charge in [-0.25, -0.2) is 0 Å². The molecule has 0 saturated heterocycles. The predicted octanol–water partition coefficient (Wildman–Crippen LogP) is 5.05. The van der Waals surface area contributed by atoms with Crippen LogP contribution in [0.25, 0.3) is 0 Å². The van der Waals surface area contributed by atoms with Gasteiger partial charge in [0.2, 0.25) is 0 Å². The number of benzene rings is 1. The molecule has 1 aromatic rings. The molecule has 0 spiro atoms. The fourth-order valence-electron chi connectivity index (χ4n) is 3.24. The van der Waals surface area contributed by atoms with E-state index in [0.29, 0.717) is 22.8 Å². The lowest BCUT2D eigenvalue weighted by Gasteiger charge is -2.34. The normalized spacial score (nSPS) is 16.9. The van der Waals surface area contributed by atoms with Crippen molar-refractivity contribution in [1.29, 1.82) is 0 Å². The van der Waals surface area contributed by atoms with E-state index in [4.69, 9.17) is 27.9 Å². The van der Waals surface area contributed by atoms with Gasteiger partial charge in [0.15, 0.2) is 5.78 Å². The molecule has 1 aliphatic carbocycles. The maximum atomic E-state index is 12.1. The van der Waals surface area contributed by atoms with Gasteiger partial charge in [0.1, 0.15) is 0 Å². The average molecular weight is 357 g/mol. The molecule has 0 heterocycles. The van der Waals surface area contributed by atoms with Crippen molar-refractivity contribution in [3.05, 3.63) is 33.8 Å². The molecule has 5 heteroatoms. The van der Waals surface area contributed by atoms with E-state index in [1.165, 1.54) is 6.92 Å². The molecule has 0 aromatic heterocycles. The van der Waals surface area contributed by atoms with Gasteiger partial charge in [-0.1, -0.05) is 30.9 Å². The van der Waals surface area contributed by atoms with Crippen molar-refractivity contribution in [2.75, 3.05) is 6.61 Å². The van der Waals surface area contributed by atoms with E-state index in [1.807, 2.05) is 0 Å². The van der Waals surface area contributed by atoms with Crippen LogP contribution in [0.4, 0.5) is 0 Å². The van der Waals surface area contributed by atoms with Crippen molar-refractivity contribution < 1.29 is 14.3 Å². The number of hydrogen-bond donors (Lipinski definition) is 0. The third-order valence-electron chi connectivity index (χ3n) is 4.28. The summed E-state index contributed by atoms with van der Waals surface area (Å²) in [6.45, 7) is 3.59. The van der Waals surface area contributed by atoms with Crippen molar-refractivity contribution >= 4 is 35.0 Å². The Morgan fingerprint density at radius 2 is 1.87 bits per heavy atom. The molecule has 1 saturated carbocycles. The zero-order chi connectivity index (χ0) is 17.0. The van der Waals surface area contributed by atoms with Gasteiger partial charge in [-0.15, -0.1) is 11.6 Å². The van der Waals surface area contributed by atoms with Gasteiger partial charge in [-0.05, 0) is 44.4 Å². The number of ether oxygens (including phenoxy) is 1. The van der Waals surface area contributed by atoms with Crippen molar-refractivity contribution in [2.45, 2.75) is 57.2 Å². The third-order valence-corrected chi connectivity index (χ3v) is 5.14. The molecule has 0 N–H and O–H groups in total. The molecule has 1 aliphatic rings. The molecular weight excluding hydrogens is 335 g/mol. The largest absolute Gasteiger partial charge is 0.466 e. The van der Waals surface area contributed by atoms with Crippen LogP contribution in [-0.4, -0.2) is 18.4 Å². The van der Waals surface area contributed by atoms with E-state index in [0.717, 1.165) is 37.7 Å². The molecule has 0 bridgehead atoms. The first-order chi connectivity index (χ1) is 10.9. The molecule has 0 radical (unpaired) electrons. The van der Waals surface area contributed by atoms with E-state index >= 15 is 0 Å². The van der Waals surface area contributed by atoms with Crippen LogP contribution in [-0.2, 0) is 20.8 Å². The number of halogens is 2. The van der Waals surface area contributed by atoms with Gasteiger partial charge in [0.05, 0.1) is 17.9 Å². The molecule has 1 fully saturated rings. The minimum Gasteiger partial charge on any atom is -0.466 e. The monoisotopic (exact) mass is 356 g/mol. The number of carbonyl (C=O) groups is 2. The lowest BCUT2D eigenvalue weighted by molar-refractivity contribution is -0.142. The molecular formula is C18H22Cl2O3. The smallest absolute Gasteiger partial charge is 0.310 e. The standard InChI is InChI=1S/C18H22Cl2O3/c1-3-23-16(22)11-13-9-14(12(2)21)17(15(19)10-13)18(20)7-5-4-6-8-18/h9-10H,3-8,11H2,1-2H3. The Kier molecular flexibility index (Phi) is 6.10. The maximum absolute atomic E-state index is 12.1. The second-order valence-corrected chi connectivity index (χ2v) is 7.19. The van der Waals surface area contributed by atoms with Crippen LogP contribution in [0, 0.1) is 0 Å².